The Balaban J connectivity index is 2.72. The third kappa shape index (κ3) is 2.86. The second-order valence-corrected chi connectivity index (χ2v) is 3.17. The summed E-state index contributed by atoms with van der Waals surface area (Å²) < 4.78 is 4.97. The molecule has 1 heterocycles. The van der Waals surface area contributed by atoms with Crippen LogP contribution in [0.15, 0.2) is 18.3 Å². The van der Waals surface area contributed by atoms with E-state index in [1.165, 1.54) is 0 Å². The van der Waals surface area contributed by atoms with Crippen LogP contribution in [0, 0.1) is 6.92 Å². The van der Waals surface area contributed by atoms with Crippen LogP contribution in [0.1, 0.15) is 29.9 Å². The highest BCUT2D eigenvalue weighted by atomic mass is 16.5. The van der Waals surface area contributed by atoms with Crippen LogP contribution >= 0.6 is 0 Å². The van der Waals surface area contributed by atoms with Crippen LogP contribution in [0.2, 0.25) is 0 Å². The number of nitrogens with zero attached hydrogens (tertiary/aromatic N) is 1. The number of esters is 1. The fourth-order valence-electron chi connectivity index (χ4n) is 0.863. The zero-order valence-corrected chi connectivity index (χ0v) is 8.07. The zero-order chi connectivity index (χ0) is 9.84. The molecule has 0 fully saturated rings. The van der Waals surface area contributed by atoms with Crippen LogP contribution in [0.25, 0.3) is 0 Å². The number of aryl methyl sites for hydroxylation is 1. The summed E-state index contributed by atoms with van der Waals surface area (Å²) in [5.41, 5.74) is 1.39. The van der Waals surface area contributed by atoms with Gasteiger partial charge in [-0.2, -0.15) is 0 Å². The van der Waals surface area contributed by atoms with Crippen molar-refractivity contribution in [3.05, 3.63) is 29.6 Å². The Morgan fingerprint density at radius 3 is 2.62 bits per heavy atom. The molecule has 0 radical (unpaired) electrons. The summed E-state index contributed by atoms with van der Waals surface area (Å²) in [5.74, 6) is -0.366. The van der Waals surface area contributed by atoms with E-state index in [1.807, 2.05) is 26.8 Å². The molecule has 0 saturated carbocycles. The predicted molar refractivity (Wildman–Crippen MR) is 49.5 cm³/mol. The topological polar surface area (TPSA) is 39.2 Å². The van der Waals surface area contributed by atoms with Crippen molar-refractivity contribution in [2.45, 2.75) is 26.9 Å². The fourth-order valence-corrected chi connectivity index (χ4v) is 0.863. The quantitative estimate of drug-likeness (QED) is 0.651. The van der Waals surface area contributed by atoms with E-state index < -0.39 is 0 Å². The number of hydrogen-bond acceptors (Lipinski definition) is 3. The van der Waals surface area contributed by atoms with Gasteiger partial charge in [0.15, 0.2) is 0 Å². The van der Waals surface area contributed by atoms with E-state index in [-0.39, 0.29) is 12.1 Å². The van der Waals surface area contributed by atoms with E-state index in [4.69, 9.17) is 4.74 Å². The Morgan fingerprint density at radius 1 is 1.46 bits per heavy atom. The number of carbonyl (C=O) groups excluding carboxylic acids is 1. The number of aromatic nitrogens is 1. The lowest BCUT2D eigenvalue weighted by Gasteiger charge is -2.06. The van der Waals surface area contributed by atoms with Crippen molar-refractivity contribution >= 4 is 5.97 Å². The first-order valence-corrected chi connectivity index (χ1v) is 4.23. The minimum absolute atomic E-state index is 0.101. The summed E-state index contributed by atoms with van der Waals surface area (Å²) in [6.07, 6.45) is 1.55. The van der Waals surface area contributed by atoms with E-state index in [0.29, 0.717) is 5.69 Å². The van der Waals surface area contributed by atoms with Gasteiger partial charge in [0.25, 0.3) is 0 Å². The van der Waals surface area contributed by atoms with Crippen LogP contribution in [0.5, 0.6) is 0 Å². The first-order valence-electron chi connectivity index (χ1n) is 4.23. The lowest BCUT2D eigenvalue weighted by Crippen LogP contribution is -2.12. The molecule has 0 aromatic carbocycles. The van der Waals surface area contributed by atoms with Crippen LogP contribution in [0.3, 0.4) is 0 Å². The second-order valence-electron chi connectivity index (χ2n) is 3.17. The minimum atomic E-state index is -0.366. The molecule has 0 aliphatic carbocycles. The molecule has 1 aromatic heterocycles. The minimum Gasteiger partial charge on any atom is -0.458 e. The summed E-state index contributed by atoms with van der Waals surface area (Å²) in [4.78, 5) is 15.2. The molecule has 0 aliphatic heterocycles. The van der Waals surface area contributed by atoms with Crippen molar-refractivity contribution in [2.75, 3.05) is 0 Å². The molecular formula is C10H13NO2. The van der Waals surface area contributed by atoms with Gasteiger partial charge in [-0.05, 0) is 32.4 Å². The molecule has 0 amide bonds. The van der Waals surface area contributed by atoms with Crippen molar-refractivity contribution in [3.63, 3.8) is 0 Å². The van der Waals surface area contributed by atoms with Crippen LogP contribution in [-0.4, -0.2) is 17.1 Å². The van der Waals surface area contributed by atoms with Gasteiger partial charge in [-0.15, -0.1) is 0 Å². The van der Waals surface area contributed by atoms with Gasteiger partial charge in [-0.3, -0.25) is 0 Å². The fraction of sp³-hybridized carbons (Fsp3) is 0.400. The number of carbonyl (C=O) groups is 1. The van der Waals surface area contributed by atoms with Gasteiger partial charge in [0, 0.05) is 6.20 Å². The van der Waals surface area contributed by atoms with E-state index in [2.05, 4.69) is 4.98 Å². The van der Waals surface area contributed by atoms with E-state index >= 15 is 0 Å². The van der Waals surface area contributed by atoms with Gasteiger partial charge in [0.2, 0.25) is 0 Å². The summed E-state index contributed by atoms with van der Waals surface area (Å²) in [5, 5.41) is 0. The molecule has 0 bridgehead atoms. The summed E-state index contributed by atoms with van der Waals surface area (Å²) in [7, 11) is 0. The van der Waals surface area contributed by atoms with Crippen molar-refractivity contribution in [1.29, 1.82) is 0 Å². The monoisotopic (exact) mass is 179 g/mol. The van der Waals surface area contributed by atoms with Crippen LogP contribution in [-0.2, 0) is 4.74 Å². The van der Waals surface area contributed by atoms with Gasteiger partial charge in [-0.25, -0.2) is 9.78 Å². The molecule has 13 heavy (non-hydrogen) atoms. The maximum Gasteiger partial charge on any atom is 0.357 e. The number of pyridine rings is 1. The summed E-state index contributed by atoms with van der Waals surface area (Å²) in [6, 6.07) is 3.50. The highest BCUT2D eigenvalue weighted by molar-refractivity contribution is 5.87. The number of rotatable bonds is 2. The lowest BCUT2D eigenvalue weighted by molar-refractivity contribution is 0.0371. The molecule has 0 spiro atoms. The highest BCUT2D eigenvalue weighted by Gasteiger charge is 2.09. The Kier molecular flexibility index (Phi) is 3.01. The normalized spacial score (nSPS) is 10.2. The largest absolute Gasteiger partial charge is 0.458 e. The van der Waals surface area contributed by atoms with Gasteiger partial charge < -0.3 is 4.74 Å². The number of ether oxygens (including phenoxy) is 1. The standard InChI is InChI=1S/C10H13NO2/c1-7(2)13-10(12)9-5-4-8(3)6-11-9/h4-7H,1-3H3. The predicted octanol–water partition coefficient (Wildman–Crippen LogP) is 1.96. The van der Waals surface area contributed by atoms with Gasteiger partial charge in [-0.1, -0.05) is 6.07 Å². The van der Waals surface area contributed by atoms with Crippen molar-refractivity contribution < 1.29 is 9.53 Å². The smallest absolute Gasteiger partial charge is 0.357 e. The van der Waals surface area contributed by atoms with Gasteiger partial charge >= 0.3 is 5.97 Å². The molecule has 0 N–H and O–H groups in total. The van der Waals surface area contributed by atoms with Crippen molar-refractivity contribution in [2.24, 2.45) is 0 Å². The second kappa shape index (κ2) is 4.03. The molecule has 1 rings (SSSR count). The molecule has 70 valence electrons. The SMILES string of the molecule is Cc1ccc(C(=O)OC(C)C)nc1. The lowest BCUT2D eigenvalue weighted by atomic mass is 10.3. The van der Waals surface area contributed by atoms with E-state index in [0.717, 1.165) is 5.56 Å². The van der Waals surface area contributed by atoms with Crippen LogP contribution < -0.4 is 0 Å². The Hall–Kier alpha value is -1.38. The molecular weight excluding hydrogens is 166 g/mol. The maximum atomic E-state index is 11.3. The van der Waals surface area contributed by atoms with Gasteiger partial charge in [0.05, 0.1) is 6.10 Å². The number of hydrogen-bond donors (Lipinski definition) is 0. The molecule has 3 nitrogen and oxygen atoms in total. The first kappa shape index (κ1) is 9.71. The maximum absolute atomic E-state index is 11.3. The van der Waals surface area contributed by atoms with Crippen LogP contribution in [0.4, 0.5) is 0 Å². The van der Waals surface area contributed by atoms with E-state index in [1.54, 1.807) is 12.3 Å². The summed E-state index contributed by atoms with van der Waals surface area (Å²) in [6.45, 7) is 5.54. The Morgan fingerprint density at radius 2 is 2.15 bits per heavy atom. The first-order chi connectivity index (χ1) is 6.09. The third-order valence-corrected chi connectivity index (χ3v) is 1.46. The van der Waals surface area contributed by atoms with Gasteiger partial charge in [0.1, 0.15) is 5.69 Å². The molecule has 1 aromatic rings. The van der Waals surface area contributed by atoms with Crippen molar-refractivity contribution in [1.82, 2.24) is 4.98 Å². The Bertz CT molecular complexity index is 290. The van der Waals surface area contributed by atoms with Crippen molar-refractivity contribution in [3.8, 4) is 0 Å². The highest BCUT2D eigenvalue weighted by Crippen LogP contribution is 2.02. The molecule has 0 unspecified atom stereocenters. The molecule has 3 heteroatoms. The molecule has 0 aliphatic rings. The molecule has 0 saturated heterocycles. The Labute approximate surface area is 77.8 Å². The van der Waals surface area contributed by atoms with E-state index in [9.17, 15) is 4.79 Å². The summed E-state index contributed by atoms with van der Waals surface area (Å²) >= 11 is 0. The average molecular weight is 179 g/mol. The third-order valence-electron chi connectivity index (χ3n) is 1.46. The zero-order valence-electron chi connectivity index (χ0n) is 8.07. The molecule has 0 atom stereocenters. The average Bonchev–Trinajstić information content (AvgIpc) is 2.04.